The van der Waals surface area contributed by atoms with Crippen molar-refractivity contribution in [3.63, 3.8) is 0 Å². The second-order valence-corrected chi connectivity index (χ2v) is 7.47. The van der Waals surface area contributed by atoms with E-state index in [1.54, 1.807) is 0 Å². The normalized spacial score (nSPS) is 19.5. The minimum Gasteiger partial charge on any atom is -0.493 e. The minimum absolute atomic E-state index is 0.279. The van der Waals surface area contributed by atoms with Crippen molar-refractivity contribution >= 4 is 11.0 Å². The Morgan fingerprint density at radius 2 is 2.12 bits per heavy atom. The van der Waals surface area contributed by atoms with Crippen LogP contribution in [0.5, 0.6) is 5.75 Å². The number of hydrogen-bond acceptors (Lipinski definition) is 3. The molecule has 0 aliphatic carbocycles. The fourth-order valence-electron chi connectivity index (χ4n) is 4.25. The molecule has 1 aromatic heterocycles. The first-order valence-electron chi connectivity index (χ1n) is 9.59. The molecular formula is C22H24N2O2. The largest absolute Gasteiger partial charge is 0.493 e. The highest BCUT2D eigenvalue weighted by Gasteiger charge is 2.19. The van der Waals surface area contributed by atoms with Crippen molar-refractivity contribution in [3.05, 3.63) is 58.9 Å². The predicted molar refractivity (Wildman–Crippen MR) is 102 cm³/mol. The number of ether oxygens (including phenoxy) is 2. The highest BCUT2D eigenvalue weighted by molar-refractivity contribution is 5.79. The average Bonchev–Trinajstić information content (AvgIpc) is 3.31. The van der Waals surface area contributed by atoms with Gasteiger partial charge in [-0.05, 0) is 60.9 Å². The molecule has 1 saturated heterocycles. The van der Waals surface area contributed by atoms with Crippen molar-refractivity contribution < 1.29 is 9.47 Å². The zero-order chi connectivity index (χ0) is 17.5. The fraction of sp³-hybridized carbons (Fsp3) is 0.409. The minimum atomic E-state index is 0.279. The summed E-state index contributed by atoms with van der Waals surface area (Å²) in [5.74, 6) is 1.02. The predicted octanol–water partition coefficient (Wildman–Crippen LogP) is 4.57. The van der Waals surface area contributed by atoms with E-state index >= 15 is 0 Å². The smallest absolute Gasteiger partial charge is 0.124 e. The van der Waals surface area contributed by atoms with Crippen LogP contribution < -0.4 is 4.74 Å². The summed E-state index contributed by atoms with van der Waals surface area (Å²) in [6.07, 6.45) is 6.70. The molecule has 0 amide bonds. The van der Waals surface area contributed by atoms with E-state index in [0.29, 0.717) is 0 Å². The van der Waals surface area contributed by atoms with E-state index in [-0.39, 0.29) is 6.10 Å². The lowest BCUT2D eigenvalue weighted by Crippen LogP contribution is -2.08. The van der Waals surface area contributed by atoms with E-state index in [1.807, 2.05) is 6.33 Å². The Morgan fingerprint density at radius 1 is 1.15 bits per heavy atom. The van der Waals surface area contributed by atoms with Crippen LogP contribution >= 0.6 is 0 Å². The van der Waals surface area contributed by atoms with Crippen LogP contribution in [0.1, 0.15) is 47.6 Å². The highest BCUT2D eigenvalue weighted by Crippen LogP contribution is 2.32. The molecule has 0 spiro atoms. The van der Waals surface area contributed by atoms with Gasteiger partial charge in [0.25, 0.3) is 0 Å². The molecule has 1 atom stereocenters. The summed E-state index contributed by atoms with van der Waals surface area (Å²) in [6.45, 7) is 4.72. The van der Waals surface area contributed by atoms with Crippen LogP contribution in [0.4, 0.5) is 0 Å². The molecule has 26 heavy (non-hydrogen) atoms. The molecular weight excluding hydrogens is 324 g/mol. The van der Waals surface area contributed by atoms with Gasteiger partial charge >= 0.3 is 0 Å². The average molecular weight is 348 g/mol. The van der Waals surface area contributed by atoms with Gasteiger partial charge in [-0.2, -0.15) is 0 Å². The van der Waals surface area contributed by atoms with Gasteiger partial charge in [0.2, 0.25) is 0 Å². The first-order chi connectivity index (χ1) is 12.8. The zero-order valence-electron chi connectivity index (χ0n) is 15.2. The van der Waals surface area contributed by atoms with Crippen molar-refractivity contribution in [3.8, 4) is 5.75 Å². The second kappa shape index (κ2) is 6.44. The maximum atomic E-state index is 5.85. The molecule has 5 rings (SSSR count). The topological polar surface area (TPSA) is 36.3 Å². The number of rotatable bonds is 3. The van der Waals surface area contributed by atoms with Crippen molar-refractivity contribution in [2.24, 2.45) is 0 Å². The van der Waals surface area contributed by atoms with Crippen LogP contribution in [0.2, 0.25) is 0 Å². The summed E-state index contributed by atoms with van der Waals surface area (Å²) in [5, 5.41) is 0. The van der Waals surface area contributed by atoms with Gasteiger partial charge in [-0.3, -0.25) is 0 Å². The Kier molecular flexibility index (Phi) is 3.93. The molecule has 134 valence electrons. The van der Waals surface area contributed by atoms with Crippen LogP contribution in [0.3, 0.4) is 0 Å². The van der Waals surface area contributed by atoms with Gasteiger partial charge in [-0.25, -0.2) is 4.98 Å². The van der Waals surface area contributed by atoms with Crippen LogP contribution in [-0.2, 0) is 17.7 Å². The van der Waals surface area contributed by atoms with Gasteiger partial charge in [0.1, 0.15) is 5.75 Å². The Labute approximate surface area is 153 Å². The zero-order valence-corrected chi connectivity index (χ0v) is 15.2. The quantitative estimate of drug-likeness (QED) is 0.696. The number of imidazole rings is 1. The van der Waals surface area contributed by atoms with Crippen molar-refractivity contribution in [2.75, 3.05) is 13.2 Å². The van der Waals surface area contributed by atoms with Crippen LogP contribution in [0.15, 0.2) is 36.7 Å². The van der Waals surface area contributed by atoms with Crippen LogP contribution in [0.25, 0.3) is 11.0 Å². The Bertz CT molecular complexity index is 954. The third-order valence-electron chi connectivity index (χ3n) is 5.62. The maximum Gasteiger partial charge on any atom is 0.124 e. The summed E-state index contributed by atoms with van der Waals surface area (Å²) in [4.78, 5) is 4.61. The lowest BCUT2D eigenvalue weighted by atomic mass is 9.99. The summed E-state index contributed by atoms with van der Waals surface area (Å²) in [7, 11) is 0. The molecule has 0 radical (unpaired) electrons. The maximum absolute atomic E-state index is 5.85. The molecule has 3 heterocycles. The molecule has 2 aromatic carbocycles. The molecule has 4 heteroatoms. The van der Waals surface area contributed by atoms with Crippen molar-refractivity contribution in [2.45, 2.75) is 45.3 Å². The molecule has 0 bridgehead atoms. The summed E-state index contributed by atoms with van der Waals surface area (Å²) < 4.78 is 13.9. The molecule has 0 unspecified atom stereocenters. The van der Waals surface area contributed by atoms with Crippen molar-refractivity contribution in [1.29, 1.82) is 0 Å². The number of hydrogen-bond donors (Lipinski definition) is 0. The van der Waals surface area contributed by atoms with Gasteiger partial charge < -0.3 is 14.0 Å². The van der Waals surface area contributed by atoms with Gasteiger partial charge in [-0.15, -0.1) is 0 Å². The molecule has 0 saturated carbocycles. The third-order valence-corrected chi connectivity index (χ3v) is 5.62. The number of benzene rings is 2. The van der Waals surface area contributed by atoms with E-state index in [2.05, 4.69) is 46.8 Å². The van der Waals surface area contributed by atoms with E-state index < -0.39 is 0 Å². The highest BCUT2D eigenvalue weighted by atomic mass is 16.5. The molecule has 1 fully saturated rings. The van der Waals surface area contributed by atoms with E-state index in [4.69, 9.17) is 9.47 Å². The fourth-order valence-corrected chi connectivity index (χ4v) is 4.25. The van der Waals surface area contributed by atoms with E-state index in [9.17, 15) is 0 Å². The Hall–Kier alpha value is -2.33. The van der Waals surface area contributed by atoms with Gasteiger partial charge in [0.15, 0.2) is 0 Å². The number of aromatic nitrogens is 2. The monoisotopic (exact) mass is 348 g/mol. The lowest BCUT2D eigenvalue weighted by Gasteiger charge is -2.17. The summed E-state index contributed by atoms with van der Waals surface area (Å²) in [5.41, 5.74) is 7.44. The molecule has 2 aliphatic rings. The lowest BCUT2D eigenvalue weighted by molar-refractivity contribution is 0.111. The first-order valence-corrected chi connectivity index (χ1v) is 9.59. The van der Waals surface area contributed by atoms with Gasteiger partial charge in [0.05, 0.1) is 30.1 Å². The van der Waals surface area contributed by atoms with E-state index in [0.717, 1.165) is 55.8 Å². The SMILES string of the molecule is Cc1cc(Cn2cnc3cc4c(cc32)OCCC4)ccc1[C@@H]1CCCO1. The summed E-state index contributed by atoms with van der Waals surface area (Å²) >= 11 is 0. The Morgan fingerprint density at radius 3 is 2.96 bits per heavy atom. The first kappa shape index (κ1) is 15.9. The Balaban J connectivity index is 1.45. The molecule has 0 N–H and O–H groups in total. The standard InChI is InChI=1S/C22H24N2O2/c1-15-10-16(6-7-18(15)21-5-3-9-25-21)13-24-14-23-19-11-17-4-2-8-26-22(17)12-20(19)24/h6-7,10-12,14,21H,2-5,8-9,13H2,1H3/t21-/m0/s1. The van der Waals surface area contributed by atoms with Crippen LogP contribution in [-0.4, -0.2) is 22.8 Å². The number of aryl methyl sites for hydroxylation is 2. The second-order valence-electron chi connectivity index (χ2n) is 7.47. The molecule has 2 aliphatic heterocycles. The van der Waals surface area contributed by atoms with Gasteiger partial charge in [-0.1, -0.05) is 18.2 Å². The van der Waals surface area contributed by atoms with Gasteiger partial charge in [0, 0.05) is 19.2 Å². The van der Waals surface area contributed by atoms with Crippen molar-refractivity contribution in [1.82, 2.24) is 9.55 Å². The van der Waals surface area contributed by atoms with E-state index in [1.165, 1.54) is 28.7 Å². The third kappa shape index (κ3) is 2.78. The number of fused-ring (bicyclic) bond motifs is 2. The number of nitrogens with zero attached hydrogens (tertiary/aromatic N) is 2. The molecule has 3 aromatic rings. The van der Waals surface area contributed by atoms with Crippen LogP contribution in [0, 0.1) is 6.92 Å². The summed E-state index contributed by atoms with van der Waals surface area (Å²) in [6, 6.07) is 11.1. The molecule has 4 nitrogen and oxygen atoms in total.